The summed E-state index contributed by atoms with van der Waals surface area (Å²) in [5.74, 6) is 1.67. The van der Waals surface area contributed by atoms with Crippen molar-refractivity contribution >= 4 is 39.5 Å². The van der Waals surface area contributed by atoms with Gasteiger partial charge in [0.2, 0.25) is 5.91 Å². The Bertz CT molecular complexity index is 1430. The fraction of sp³-hybridized carbons (Fsp3) is 0.267. The molecule has 200 valence electrons. The molecule has 3 aromatic carbocycles. The van der Waals surface area contributed by atoms with Crippen LogP contribution in [-0.4, -0.2) is 67.8 Å². The first-order valence-electron chi connectivity index (χ1n) is 13.1. The summed E-state index contributed by atoms with van der Waals surface area (Å²) >= 11 is 5.09. The predicted molar refractivity (Wildman–Crippen MR) is 158 cm³/mol. The van der Waals surface area contributed by atoms with E-state index in [4.69, 9.17) is 0 Å². The number of halogens is 1. The lowest BCUT2D eigenvalue weighted by molar-refractivity contribution is -0.133. The third kappa shape index (κ3) is 6.25. The molecular weight excluding hydrogens is 574 g/mol. The normalized spacial score (nSPS) is 15.4. The zero-order valence-electron chi connectivity index (χ0n) is 21.7. The van der Waals surface area contributed by atoms with Gasteiger partial charge >= 0.3 is 0 Å². The van der Waals surface area contributed by atoms with Crippen molar-refractivity contribution in [3.05, 3.63) is 95.0 Å². The standard InChI is InChI=1S/C30H30BrN5O2S/c1-22-21-34(18-19-35(22)29(38)25-15-8-9-16-26(25)31)27(37)17-10-20-39-30-33-32-28(23-11-4-2-5-12-23)36(30)24-13-6-3-7-14-24/h2-9,11-16,22H,10,17-21H2,1H3. The second-order valence-electron chi connectivity index (χ2n) is 9.46. The number of carbonyl (C=O) groups is 2. The maximum absolute atomic E-state index is 13.1. The van der Waals surface area contributed by atoms with E-state index < -0.39 is 0 Å². The van der Waals surface area contributed by atoms with Gasteiger partial charge in [0.25, 0.3) is 5.91 Å². The molecule has 0 aliphatic carbocycles. The van der Waals surface area contributed by atoms with Crippen molar-refractivity contribution in [2.75, 3.05) is 25.4 Å². The van der Waals surface area contributed by atoms with Crippen LogP contribution in [-0.2, 0) is 4.79 Å². The monoisotopic (exact) mass is 603 g/mol. The van der Waals surface area contributed by atoms with Crippen LogP contribution in [0.1, 0.15) is 30.1 Å². The van der Waals surface area contributed by atoms with Crippen LogP contribution in [0, 0.1) is 0 Å². The first-order valence-corrected chi connectivity index (χ1v) is 14.8. The number of thioether (sulfide) groups is 1. The molecule has 2 heterocycles. The third-order valence-electron chi connectivity index (χ3n) is 6.79. The average molecular weight is 605 g/mol. The Kier molecular flexibility index (Phi) is 8.78. The Balaban J connectivity index is 1.17. The molecule has 2 amide bonds. The Labute approximate surface area is 241 Å². The van der Waals surface area contributed by atoms with E-state index in [1.54, 1.807) is 11.8 Å². The lowest BCUT2D eigenvalue weighted by Crippen LogP contribution is -2.55. The van der Waals surface area contributed by atoms with E-state index in [2.05, 4.69) is 30.7 Å². The third-order valence-corrected chi connectivity index (χ3v) is 8.50. The number of hydrogen-bond acceptors (Lipinski definition) is 5. The van der Waals surface area contributed by atoms with Crippen molar-refractivity contribution in [3.63, 3.8) is 0 Å². The van der Waals surface area contributed by atoms with E-state index in [1.165, 1.54) is 0 Å². The van der Waals surface area contributed by atoms with Gasteiger partial charge in [0.15, 0.2) is 11.0 Å². The van der Waals surface area contributed by atoms with Crippen LogP contribution in [0.2, 0.25) is 0 Å². The van der Waals surface area contributed by atoms with E-state index >= 15 is 0 Å². The van der Waals surface area contributed by atoms with Gasteiger partial charge in [-0.05, 0) is 53.5 Å². The number of para-hydroxylation sites is 1. The van der Waals surface area contributed by atoms with Crippen LogP contribution in [0.5, 0.6) is 0 Å². The van der Waals surface area contributed by atoms with Crippen LogP contribution < -0.4 is 0 Å². The van der Waals surface area contributed by atoms with Gasteiger partial charge in [0.1, 0.15) is 0 Å². The van der Waals surface area contributed by atoms with Crippen molar-refractivity contribution < 1.29 is 9.59 Å². The van der Waals surface area contributed by atoms with Crippen molar-refractivity contribution in [1.82, 2.24) is 24.6 Å². The van der Waals surface area contributed by atoms with Crippen LogP contribution in [0.4, 0.5) is 0 Å². The molecular formula is C30H30BrN5O2S. The summed E-state index contributed by atoms with van der Waals surface area (Å²) in [7, 11) is 0. The molecule has 4 aromatic rings. The van der Waals surface area contributed by atoms with Gasteiger partial charge < -0.3 is 9.80 Å². The minimum Gasteiger partial charge on any atom is -0.339 e. The summed E-state index contributed by atoms with van der Waals surface area (Å²) in [6.07, 6.45) is 1.19. The lowest BCUT2D eigenvalue weighted by Gasteiger charge is -2.40. The van der Waals surface area contributed by atoms with Crippen molar-refractivity contribution in [2.24, 2.45) is 0 Å². The molecule has 1 atom stereocenters. The number of amides is 2. The zero-order chi connectivity index (χ0) is 27.2. The fourth-order valence-electron chi connectivity index (χ4n) is 4.77. The quantitative estimate of drug-likeness (QED) is 0.184. The molecule has 39 heavy (non-hydrogen) atoms. The molecule has 0 spiro atoms. The Morgan fingerprint density at radius 1 is 0.923 bits per heavy atom. The average Bonchev–Trinajstić information content (AvgIpc) is 3.40. The Hall–Kier alpha value is -3.43. The van der Waals surface area contributed by atoms with Gasteiger partial charge in [-0.3, -0.25) is 14.2 Å². The van der Waals surface area contributed by atoms with Gasteiger partial charge in [0, 0.05) is 53.6 Å². The van der Waals surface area contributed by atoms with E-state index in [0.717, 1.165) is 38.9 Å². The number of hydrogen-bond donors (Lipinski definition) is 0. The molecule has 0 N–H and O–H groups in total. The Morgan fingerprint density at radius 2 is 1.62 bits per heavy atom. The summed E-state index contributed by atoms with van der Waals surface area (Å²) in [6, 6.07) is 27.6. The number of carbonyl (C=O) groups excluding carboxylic acids is 2. The fourth-order valence-corrected chi connectivity index (χ4v) is 6.11. The molecule has 7 nitrogen and oxygen atoms in total. The van der Waals surface area contributed by atoms with Crippen molar-refractivity contribution in [2.45, 2.75) is 31.0 Å². The molecule has 1 fully saturated rings. The number of rotatable bonds is 8. The maximum Gasteiger partial charge on any atom is 0.255 e. The smallest absolute Gasteiger partial charge is 0.255 e. The number of aromatic nitrogens is 3. The Morgan fingerprint density at radius 3 is 2.33 bits per heavy atom. The molecule has 1 saturated heterocycles. The minimum absolute atomic E-state index is 0.00382. The highest BCUT2D eigenvalue weighted by atomic mass is 79.9. The molecule has 1 aliphatic heterocycles. The van der Waals surface area contributed by atoms with Gasteiger partial charge in [-0.15, -0.1) is 10.2 Å². The van der Waals surface area contributed by atoms with E-state index in [-0.39, 0.29) is 17.9 Å². The second-order valence-corrected chi connectivity index (χ2v) is 11.4. The number of benzene rings is 3. The summed E-state index contributed by atoms with van der Waals surface area (Å²) in [4.78, 5) is 29.8. The molecule has 5 rings (SSSR count). The SMILES string of the molecule is CC1CN(C(=O)CCCSc2nnc(-c3ccccc3)n2-c2ccccc2)CCN1C(=O)c1ccccc1Br. The first-order chi connectivity index (χ1) is 19.0. The highest BCUT2D eigenvalue weighted by Gasteiger charge is 2.30. The van der Waals surface area contributed by atoms with Gasteiger partial charge in [-0.2, -0.15) is 0 Å². The summed E-state index contributed by atoms with van der Waals surface area (Å²) < 4.78 is 2.86. The summed E-state index contributed by atoms with van der Waals surface area (Å²) in [5.41, 5.74) is 2.66. The maximum atomic E-state index is 13.1. The zero-order valence-corrected chi connectivity index (χ0v) is 24.1. The van der Waals surface area contributed by atoms with Gasteiger partial charge in [-0.25, -0.2) is 0 Å². The second kappa shape index (κ2) is 12.6. The molecule has 0 saturated carbocycles. The lowest BCUT2D eigenvalue weighted by atomic mass is 10.1. The molecule has 0 radical (unpaired) electrons. The molecule has 1 unspecified atom stereocenters. The largest absolute Gasteiger partial charge is 0.339 e. The van der Waals surface area contributed by atoms with Gasteiger partial charge in [-0.1, -0.05) is 72.4 Å². The molecule has 9 heteroatoms. The van der Waals surface area contributed by atoms with E-state index in [1.807, 2.05) is 102 Å². The van der Waals surface area contributed by atoms with Crippen LogP contribution in [0.15, 0.2) is 94.6 Å². The highest BCUT2D eigenvalue weighted by Crippen LogP contribution is 2.28. The van der Waals surface area contributed by atoms with Gasteiger partial charge in [0.05, 0.1) is 5.56 Å². The van der Waals surface area contributed by atoms with E-state index in [9.17, 15) is 9.59 Å². The number of nitrogens with zero attached hydrogens (tertiary/aromatic N) is 5. The van der Waals surface area contributed by atoms with Crippen LogP contribution >= 0.6 is 27.7 Å². The van der Waals surface area contributed by atoms with Crippen molar-refractivity contribution in [3.8, 4) is 17.1 Å². The first kappa shape index (κ1) is 27.1. The van der Waals surface area contributed by atoms with E-state index in [0.29, 0.717) is 31.6 Å². The molecule has 1 aromatic heterocycles. The van der Waals surface area contributed by atoms with Crippen LogP contribution in [0.25, 0.3) is 17.1 Å². The topological polar surface area (TPSA) is 71.3 Å². The summed E-state index contributed by atoms with van der Waals surface area (Å²) in [5, 5.41) is 9.78. The predicted octanol–water partition coefficient (Wildman–Crippen LogP) is 5.94. The minimum atomic E-state index is -0.0440. The molecule has 0 bridgehead atoms. The summed E-state index contributed by atoms with van der Waals surface area (Å²) in [6.45, 7) is 3.63. The highest BCUT2D eigenvalue weighted by molar-refractivity contribution is 9.10. The number of piperazine rings is 1. The molecule has 1 aliphatic rings. The van der Waals surface area contributed by atoms with Crippen molar-refractivity contribution in [1.29, 1.82) is 0 Å². The van der Waals surface area contributed by atoms with Crippen LogP contribution in [0.3, 0.4) is 0 Å².